The molecule has 4 nitrogen and oxygen atoms in total. The fourth-order valence-corrected chi connectivity index (χ4v) is 7.73. The molecule has 0 aliphatic rings. The molecule has 0 heterocycles. The van der Waals surface area contributed by atoms with Crippen LogP contribution in [-0.2, 0) is 4.79 Å². The monoisotopic (exact) mass is 824 g/mol. The topological polar surface area (TPSA) is 69.6 Å². The van der Waals surface area contributed by atoms with Gasteiger partial charge in [-0.2, -0.15) is 0 Å². The average molecular weight is 824 g/mol. The van der Waals surface area contributed by atoms with E-state index in [1.54, 1.807) is 6.08 Å². The van der Waals surface area contributed by atoms with Crippen molar-refractivity contribution in [1.29, 1.82) is 0 Å². The Hall–Kier alpha value is -1.91. The van der Waals surface area contributed by atoms with Gasteiger partial charge in [0.15, 0.2) is 0 Å². The van der Waals surface area contributed by atoms with Gasteiger partial charge in [-0.15, -0.1) is 0 Å². The van der Waals surface area contributed by atoms with Gasteiger partial charge in [-0.1, -0.05) is 248 Å². The number of aliphatic hydroxyl groups is 2. The molecular weight excluding hydrogens is 723 g/mol. The molecule has 0 saturated heterocycles. The van der Waals surface area contributed by atoms with E-state index < -0.39 is 12.1 Å². The molecule has 3 N–H and O–H groups in total. The predicted octanol–water partition coefficient (Wildman–Crippen LogP) is 16.9. The van der Waals surface area contributed by atoms with Crippen molar-refractivity contribution in [2.45, 2.75) is 276 Å². The van der Waals surface area contributed by atoms with E-state index in [9.17, 15) is 15.0 Å². The first kappa shape index (κ1) is 57.1. The maximum absolute atomic E-state index is 12.4. The number of nitrogens with one attached hydrogen (secondary N) is 1. The number of hydrogen-bond donors (Lipinski definition) is 3. The van der Waals surface area contributed by atoms with Crippen molar-refractivity contribution in [2.75, 3.05) is 6.61 Å². The van der Waals surface area contributed by atoms with Crippen molar-refractivity contribution in [3.63, 3.8) is 0 Å². The van der Waals surface area contributed by atoms with Gasteiger partial charge in [0.2, 0.25) is 5.91 Å². The van der Waals surface area contributed by atoms with Crippen molar-refractivity contribution < 1.29 is 15.0 Å². The second kappa shape index (κ2) is 50.4. The molecule has 0 rings (SSSR count). The summed E-state index contributed by atoms with van der Waals surface area (Å²) in [5, 5.41) is 23.0. The standard InChI is InChI=1S/C55H101NO3/c1-3-5-7-9-11-13-15-17-19-20-21-22-23-24-25-26-27-28-29-30-31-32-33-34-35-36-37-39-41-43-45-47-49-51-55(59)56-53(52-57)54(58)50-48-46-44-42-40-38-18-16-14-12-10-8-6-4-2/h15,17,20-21,23-24,40,42,48,50,53-54,57-58H,3-14,16,18-19,22,25-39,41,43-47,49,51-52H2,1-2H3,(H,56,59)/b17-15-,21-20-,24-23-,42-40+,50-48+. The van der Waals surface area contributed by atoms with Crippen molar-refractivity contribution in [3.8, 4) is 0 Å². The van der Waals surface area contributed by atoms with E-state index in [0.29, 0.717) is 6.42 Å². The minimum Gasteiger partial charge on any atom is -0.394 e. The van der Waals surface area contributed by atoms with Crippen LogP contribution in [-0.4, -0.2) is 34.9 Å². The van der Waals surface area contributed by atoms with Gasteiger partial charge in [0.1, 0.15) is 0 Å². The van der Waals surface area contributed by atoms with E-state index in [1.807, 2.05) is 6.08 Å². The molecule has 0 saturated carbocycles. The van der Waals surface area contributed by atoms with Crippen LogP contribution >= 0.6 is 0 Å². The molecule has 0 spiro atoms. The predicted molar refractivity (Wildman–Crippen MR) is 262 cm³/mol. The van der Waals surface area contributed by atoms with E-state index in [0.717, 1.165) is 44.9 Å². The summed E-state index contributed by atoms with van der Waals surface area (Å²) >= 11 is 0. The Kier molecular flexibility index (Phi) is 48.8. The summed E-state index contributed by atoms with van der Waals surface area (Å²) in [6, 6.07) is -0.639. The molecule has 4 heteroatoms. The minimum absolute atomic E-state index is 0.0731. The molecule has 0 aliphatic heterocycles. The van der Waals surface area contributed by atoms with Gasteiger partial charge in [-0.05, 0) is 70.6 Å². The van der Waals surface area contributed by atoms with E-state index in [-0.39, 0.29) is 12.5 Å². The van der Waals surface area contributed by atoms with Gasteiger partial charge in [-0.25, -0.2) is 0 Å². The maximum atomic E-state index is 12.4. The smallest absolute Gasteiger partial charge is 0.220 e. The van der Waals surface area contributed by atoms with Crippen molar-refractivity contribution in [3.05, 3.63) is 60.8 Å². The lowest BCUT2D eigenvalue weighted by atomic mass is 10.0. The normalized spacial score (nSPS) is 13.4. The lowest BCUT2D eigenvalue weighted by Crippen LogP contribution is -2.45. The summed E-state index contributed by atoms with van der Waals surface area (Å²) in [4.78, 5) is 12.4. The second-order valence-corrected chi connectivity index (χ2v) is 17.6. The Morgan fingerprint density at radius 2 is 0.712 bits per heavy atom. The van der Waals surface area contributed by atoms with Crippen LogP contribution in [0.15, 0.2) is 60.8 Å². The van der Waals surface area contributed by atoms with Crippen LogP contribution in [0.4, 0.5) is 0 Å². The molecule has 0 aromatic heterocycles. The number of rotatable bonds is 47. The van der Waals surface area contributed by atoms with Crippen LogP contribution in [0.1, 0.15) is 264 Å². The van der Waals surface area contributed by atoms with Crippen LogP contribution < -0.4 is 5.32 Å². The fraction of sp³-hybridized carbons (Fsp3) is 0.800. The summed E-state index contributed by atoms with van der Waals surface area (Å²) in [5.74, 6) is -0.0731. The molecule has 0 aromatic carbocycles. The van der Waals surface area contributed by atoms with E-state index >= 15 is 0 Å². The molecule has 344 valence electrons. The average Bonchev–Trinajstić information content (AvgIpc) is 3.24. The maximum Gasteiger partial charge on any atom is 0.220 e. The highest BCUT2D eigenvalue weighted by Gasteiger charge is 2.17. The highest BCUT2D eigenvalue weighted by molar-refractivity contribution is 5.76. The molecule has 0 fully saturated rings. The van der Waals surface area contributed by atoms with Gasteiger partial charge in [-0.3, -0.25) is 4.79 Å². The van der Waals surface area contributed by atoms with Crippen LogP contribution in [0, 0.1) is 0 Å². The van der Waals surface area contributed by atoms with Crippen molar-refractivity contribution in [1.82, 2.24) is 5.32 Å². The highest BCUT2D eigenvalue weighted by atomic mass is 16.3. The molecule has 1 amide bonds. The lowest BCUT2D eigenvalue weighted by Gasteiger charge is -2.19. The molecule has 59 heavy (non-hydrogen) atoms. The Morgan fingerprint density at radius 3 is 1.10 bits per heavy atom. The Bertz CT molecular complexity index is 981. The molecule has 0 aromatic rings. The number of amides is 1. The van der Waals surface area contributed by atoms with E-state index in [2.05, 4.69) is 67.8 Å². The first-order valence-corrected chi connectivity index (χ1v) is 26.0. The fourth-order valence-electron chi connectivity index (χ4n) is 7.73. The quantitative estimate of drug-likeness (QED) is 0.0423. The van der Waals surface area contributed by atoms with Gasteiger partial charge in [0.05, 0.1) is 18.8 Å². The summed E-state index contributed by atoms with van der Waals surface area (Å²) in [7, 11) is 0. The van der Waals surface area contributed by atoms with Crippen LogP contribution in [0.5, 0.6) is 0 Å². The third-order valence-corrected chi connectivity index (χ3v) is 11.7. The van der Waals surface area contributed by atoms with Gasteiger partial charge in [0, 0.05) is 6.42 Å². The lowest BCUT2D eigenvalue weighted by molar-refractivity contribution is -0.123. The van der Waals surface area contributed by atoms with Crippen LogP contribution in [0.2, 0.25) is 0 Å². The van der Waals surface area contributed by atoms with Crippen LogP contribution in [0.3, 0.4) is 0 Å². The number of allylic oxidation sites excluding steroid dienone is 9. The van der Waals surface area contributed by atoms with E-state index in [1.165, 1.54) is 199 Å². The zero-order valence-electron chi connectivity index (χ0n) is 39.5. The zero-order chi connectivity index (χ0) is 42.8. The van der Waals surface area contributed by atoms with E-state index in [4.69, 9.17) is 0 Å². The first-order valence-electron chi connectivity index (χ1n) is 26.0. The third kappa shape index (κ3) is 47.0. The summed E-state index contributed by atoms with van der Waals surface area (Å²) in [6.45, 7) is 4.28. The number of aliphatic hydroxyl groups excluding tert-OH is 2. The van der Waals surface area contributed by atoms with Gasteiger partial charge >= 0.3 is 0 Å². The zero-order valence-corrected chi connectivity index (χ0v) is 39.5. The molecular formula is C55H101NO3. The number of unbranched alkanes of at least 4 members (excludes halogenated alkanes) is 32. The second-order valence-electron chi connectivity index (χ2n) is 17.6. The largest absolute Gasteiger partial charge is 0.394 e. The number of carbonyl (C=O) groups excluding carboxylic acids is 1. The molecule has 0 radical (unpaired) electrons. The van der Waals surface area contributed by atoms with Gasteiger partial charge < -0.3 is 15.5 Å². The molecule has 0 aliphatic carbocycles. The summed E-state index contributed by atoms with van der Waals surface area (Å²) in [6.07, 6.45) is 70.8. The minimum atomic E-state index is -0.862. The third-order valence-electron chi connectivity index (χ3n) is 11.7. The molecule has 0 bridgehead atoms. The Morgan fingerprint density at radius 1 is 0.407 bits per heavy atom. The molecule has 2 atom stereocenters. The molecule has 2 unspecified atom stereocenters. The summed E-state index contributed by atoms with van der Waals surface area (Å²) < 4.78 is 0. The first-order chi connectivity index (χ1) is 29.2. The van der Waals surface area contributed by atoms with Crippen LogP contribution in [0.25, 0.3) is 0 Å². The number of carbonyl (C=O) groups is 1. The van der Waals surface area contributed by atoms with Crippen molar-refractivity contribution >= 4 is 5.91 Å². The number of hydrogen-bond acceptors (Lipinski definition) is 3. The Balaban J connectivity index is 3.49. The van der Waals surface area contributed by atoms with Crippen molar-refractivity contribution in [2.24, 2.45) is 0 Å². The highest BCUT2D eigenvalue weighted by Crippen LogP contribution is 2.16. The van der Waals surface area contributed by atoms with Gasteiger partial charge in [0.25, 0.3) is 0 Å². The summed E-state index contributed by atoms with van der Waals surface area (Å²) in [5.41, 5.74) is 0. The Labute approximate surface area is 368 Å². The SMILES string of the molecule is CCCCCCC/C=C\C/C=C\C/C=C\CCCCCCCCCCCCCCCCCCCCC(=O)NC(CO)C(O)/C=C/CC/C=C/CCCCCCCCCC.